The summed E-state index contributed by atoms with van der Waals surface area (Å²) in [6.45, 7) is 1.55. The van der Waals surface area contributed by atoms with Gasteiger partial charge in [-0.1, -0.05) is 24.3 Å². The first-order valence-corrected chi connectivity index (χ1v) is 5.96. The van der Waals surface area contributed by atoms with Crippen LogP contribution in [0.3, 0.4) is 0 Å². The van der Waals surface area contributed by atoms with Gasteiger partial charge in [-0.25, -0.2) is 4.39 Å². The first-order chi connectivity index (χ1) is 8.78. The lowest BCUT2D eigenvalue weighted by molar-refractivity contribution is 0.134. The Balaban J connectivity index is 2.02. The van der Waals surface area contributed by atoms with Crippen LogP contribution in [0.1, 0.15) is 16.7 Å². The van der Waals surface area contributed by atoms with Crippen molar-refractivity contribution in [2.24, 2.45) is 5.73 Å². The van der Waals surface area contributed by atoms with E-state index in [0.717, 1.165) is 11.1 Å². The first kappa shape index (κ1) is 11.4. The number of halogens is 1. The first-order valence-electron chi connectivity index (χ1n) is 5.96. The van der Waals surface area contributed by atoms with Gasteiger partial charge in [0.25, 0.3) is 0 Å². The van der Waals surface area contributed by atoms with Crippen LogP contribution < -0.4 is 5.73 Å². The van der Waals surface area contributed by atoms with E-state index in [-0.39, 0.29) is 12.4 Å². The molecule has 1 aliphatic heterocycles. The molecule has 3 heteroatoms. The Morgan fingerprint density at radius 1 is 1.00 bits per heavy atom. The van der Waals surface area contributed by atoms with Crippen LogP contribution in [0, 0.1) is 5.82 Å². The number of benzene rings is 2. The highest BCUT2D eigenvalue weighted by Crippen LogP contribution is 2.27. The van der Waals surface area contributed by atoms with E-state index >= 15 is 0 Å². The molecule has 0 bridgehead atoms. The standard InChI is InChI=1S/C15H14FNO/c16-15-6-11(1-3-12(15)7-17)10-2-4-13-8-18-9-14(13)5-10/h1-6H,7-9,17H2. The van der Waals surface area contributed by atoms with Crippen LogP contribution in [0.2, 0.25) is 0 Å². The molecular formula is C15H14FNO. The van der Waals surface area contributed by atoms with Crippen LogP contribution in [0.4, 0.5) is 4.39 Å². The van der Waals surface area contributed by atoms with Crippen molar-refractivity contribution in [2.75, 3.05) is 0 Å². The molecule has 0 fully saturated rings. The number of hydrogen-bond acceptors (Lipinski definition) is 2. The van der Waals surface area contributed by atoms with Crippen LogP contribution in [0.5, 0.6) is 0 Å². The summed E-state index contributed by atoms with van der Waals surface area (Å²) in [5.41, 5.74) is 10.3. The summed E-state index contributed by atoms with van der Waals surface area (Å²) >= 11 is 0. The molecule has 0 aliphatic carbocycles. The zero-order valence-electron chi connectivity index (χ0n) is 9.95. The number of fused-ring (bicyclic) bond motifs is 1. The summed E-state index contributed by atoms with van der Waals surface area (Å²) in [7, 11) is 0. The van der Waals surface area contributed by atoms with E-state index in [1.165, 1.54) is 11.1 Å². The molecule has 1 aliphatic rings. The van der Waals surface area contributed by atoms with Crippen molar-refractivity contribution in [3.8, 4) is 11.1 Å². The maximum Gasteiger partial charge on any atom is 0.128 e. The van der Waals surface area contributed by atoms with E-state index in [1.807, 2.05) is 18.2 Å². The lowest BCUT2D eigenvalue weighted by Crippen LogP contribution is -1.99. The molecule has 2 N–H and O–H groups in total. The summed E-state index contributed by atoms with van der Waals surface area (Å²) in [4.78, 5) is 0. The van der Waals surface area contributed by atoms with Gasteiger partial charge in [0.2, 0.25) is 0 Å². The topological polar surface area (TPSA) is 35.2 Å². The minimum atomic E-state index is -0.244. The largest absolute Gasteiger partial charge is 0.372 e. The second kappa shape index (κ2) is 4.52. The molecule has 1 heterocycles. The SMILES string of the molecule is NCc1ccc(-c2ccc3c(c2)COC3)cc1F. The van der Waals surface area contributed by atoms with Gasteiger partial charge in [-0.05, 0) is 34.4 Å². The highest BCUT2D eigenvalue weighted by Gasteiger charge is 2.12. The van der Waals surface area contributed by atoms with E-state index in [9.17, 15) is 4.39 Å². The molecule has 0 radical (unpaired) electrons. The molecule has 0 amide bonds. The number of ether oxygens (including phenoxy) is 1. The van der Waals surface area contributed by atoms with Crippen molar-refractivity contribution < 1.29 is 9.13 Å². The molecule has 92 valence electrons. The Kier molecular flexibility index (Phi) is 2.86. The van der Waals surface area contributed by atoms with E-state index in [2.05, 4.69) is 6.07 Å². The van der Waals surface area contributed by atoms with Gasteiger partial charge in [0.1, 0.15) is 5.82 Å². The lowest BCUT2D eigenvalue weighted by Gasteiger charge is -2.06. The highest BCUT2D eigenvalue weighted by atomic mass is 19.1. The third-order valence-electron chi connectivity index (χ3n) is 3.33. The van der Waals surface area contributed by atoms with Crippen molar-refractivity contribution in [2.45, 2.75) is 19.8 Å². The zero-order chi connectivity index (χ0) is 12.5. The van der Waals surface area contributed by atoms with Crippen LogP contribution in [-0.4, -0.2) is 0 Å². The molecule has 18 heavy (non-hydrogen) atoms. The quantitative estimate of drug-likeness (QED) is 0.880. The van der Waals surface area contributed by atoms with Crippen molar-refractivity contribution in [1.82, 2.24) is 0 Å². The van der Waals surface area contributed by atoms with E-state index in [4.69, 9.17) is 10.5 Å². The summed E-state index contributed by atoms with van der Waals surface area (Å²) in [5.74, 6) is -0.244. The van der Waals surface area contributed by atoms with Crippen LogP contribution in [0.15, 0.2) is 36.4 Å². The Morgan fingerprint density at radius 2 is 1.72 bits per heavy atom. The van der Waals surface area contributed by atoms with Crippen molar-refractivity contribution in [3.05, 3.63) is 58.9 Å². The predicted molar refractivity (Wildman–Crippen MR) is 68.2 cm³/mol. The number of hydrogen-bond donors (Lipinski definition) is 1. The Morgan fingerprint density at radius 3 is 2.50 bits per heavy atom. The number of nitrogens with two attached hydrogens (primary N) is 1. The van der Waals surface area contributed by atoms with E-state index < -0.39 is 0 Å². The molecule has 0 spiro atoms. The van der Waals surface area contributed by atoms with Gasteiger partial charge in [0.05, 0.1) is 13.2 Å². The zero-order valence-corrected chi connectivity index (χ0v) is 9.95. The van der Waals surface area contributed by atoms with Gasteiger partial charge in [0, 0.05) is 12.1 Å². The predicted octanol–water partition coefficient (Wildman–Crippen LogP) is 2.98. The maximum atomic E-state index is 13.7. The minimum Gasteiger partial charge on any atom is -0.372 e. The molecule has 2 aromatic rings. The summed E-state index contributed by atoms with van der Waals surface area (Å²) in [5, 5.41) is 0. The summed E-state index contributed by atoms with van der Waals surface area (Å²) in [6.07, 6.45) is 0. The van der Waals surface area contributed by atoms with Gasteiger partial charge >= 0.3 is 0 Å². The number of rotatable bonds is 2. The molecular weight excluding hydrogens is 229 g/mol. The average Bonchev–Trinajstić information content (AvgIpc) is 2.85. The maximum absolute atomic E-state index is 13.7. The molecule has 3 rings (SSSR count). The van der Waals surface area contributed by atoms with E-state index in [0.29, 0.717) is 18.8 Å². The normalized spacial score (nSPS) is 13.7. The smallest absolute Gasteiger partial charge is 0.128 e. The highest BCUT2D eigenvalue weighted by molar-refractivity contribution is 5.65. The average molecular weight is 243 g/mol. The fourth-order valence-electron chi connectivity index (χ4n) is 2.24. The summed E-state index contributed by atoms with van der Waals surface area (Å²) in [6, 6.07) is 11.3. The fraction of sp³-hybridized carbons (Fsp3) is 0.200. The lowest BCUT2D eigenvalue weighted by atomic mass is 9.99. The molecule has 0 saturated carbocycles. The molecule has 0 aromatic heterocycles. The van der Waals surface area contributed by atoms with Crippen LogP contribution in [-0.2, 0) is 24.5 Å². The monoisotopic (exact) mass is 243 g/mol. The van der Waals surface area contributed by atoms with Gasteiger partial charge in [0.15, 0.2) is 0 Å². The van der Waals surface area contributed by atoms with E-state index in [1.54, 1.807) is 12.1 Å². The Hall–Kier alpha value is -1.71. The van der Waals surface area contributed by atoms with Crippen molar-refractivity contribution >= 4 is 0 Å². The summed E-state index contributed by atoms with van der Waals surface area (Å²) < 4.78 is 19.1. The van der Waals surface area contributed by atoms with Gasteiger partial charge in [-0.3, -0.25) is 0 Å². The molecule has 2 aromatic carbocycles. The van der Waals surface area contributed by atoms with Gasteiger partial charge in [-0.2, -0.15) is 0 Å². The molecule has 0 atom stereocenters. The van der Waals surface area contributed by atoms with Crippen LogP contribution >= 0.6 is 0 Å². The second-order valence-electron chi connectivity index (χ2n) is 4.49. The Labute approximate surface area is 105 Å². The third kappa shape index (κ3) is 1.92. The molecule has 0 unspecified atom stereocenters. The van der Waals surface area contributed by atoms with Crippen molar-refractivity contribution in [1.29, 1.82) is 0 Å². The van der Waals surface area contributed by atoms with Crippen LogP contribution in [0.25, 0.3) is 11.1 Å². The van der Waals surface area contributed by atoms with Crippen molar-refractivity contribution in [3.63, 3.8) is 0 Å². The minimum absolute atomic E-state index is 0.226. The van der Waals surface area contributed by atoms with Gasteiger partial charge < -0.3 is 10.5 Å². The molecule has 2 nitrogen and oxygen atoms in total. The molecule has 0 saturated heterocycles. The Bertz CT molecular complexity index is 595. The fourth-order valence-corrected chi connectivity index (χ4v) is 2.24. The second-order valence-corrected chi connectivity index (χ2v) is 4.49. The third-order valence-corrected chi connectivity index (χ3v) is 3.33. The van der Waals surface area contributed by atoms with Gasteiger partial charge in [-0.15, -0.1) is 0 Å².